The Morgan fingerprint density at radius 1 is 1.47 bits per heavy atom. The average molecular weight is 236 g/mol. The molecule has 1 saturated carbocycles. The van der Waals surface area contributed by atoms with Gasteiger partial charge in [-0.3, -0.25) is 0 Å². The second kappa shape index (κ2) is 6.17. The van der Waals surface area contributed by atoms with Gasteiger partial charge in [-0.05, 0) is 45.3 Å². The first-order valence-electron chi connectivity index (χ1n) is 6.67. The Balaban J connectivity index is 1.71. The number of hydrogen-bond donors (Lipinski definition) is 1. The predicted octanol–water partition coefficient (Wildman–Crippen LogP) is 1.33. The van der Waals surface area contributed by atoms with Crippen LogP contribution in [0.1, 0.15) is 25.7 Å². The van der Waals surface area contributed by atoms with Crippen molar-refractivity contribution in [2.45, 2.75) is 38.3 Å². The number of aryl methyl sites for hydroxylation is 1. The van der Waals surface area contributed by atoms with E-state index < -0.39 is 0 Å². The maximum absolute atomic E-state index is 5.83. The first-order valence-corrected chi connectivity index (χ1v) is 6.67. The van der Waals surface area contributed by atoms with E-state index in [1.807, 2.05) is 18.7 Å². The molecule has 0 aromatic carbocycles. The van der Waals surface area contributed by atoms with Crippen LogP contribution in [0.3, 0.4) is 0 Å². The standard InChI is InChI=1S/C13H24N4/c1-16(13-5-2-4-12(13)10-14)7-3-8-17-9-6-15-11-17/h6,9,11-13H,2-5,7-8,10,14H2,1H3. The van der Waals surface area contributed by atoms with Crippen molar-refractivity contribution in [3.63, 3.8) is 0 Å². The van der Waals surface area contributed by atoms with Crippen molar-refractivity contribution in [1.29, 1.82) is 0 Å². The van der Waals surface area contributed by atoms with Crippen LogP contribution in [0.2, 0.25) is 0 Å². The molecule has 1 aliphatic carbocycles. The summed E-state index contributed by atoms with van der Waals surface area (Å²) in [5.41, 5.74) is 5.83. The van der Waals surface area contributed by atoms with Crippen LogP contribution in [-0.2, 0) is 6.54 Å². The zero-order chi connectivity index (χ0) is 12.1. The summed E-state index contributed by atoms with van der Waals surface area (Å²) in [5, 5.41) is 0. The Morgan fingerprint density at radius 2 is 2.35 bits per heavy atom. The molecule has 0 bridgehead atoms. The molecule has 1 aromatic rings. The number of imidazole rings is 1. The van der Waals surface area contributed by atoms with E-state index in [0.717, 1.165) is 19.6 Å². The van der Waals surface area contributed by atoms with Gasteiger partial charge in [-0.15, -0.1) is 0 Å². The Bertz CT molecular complexity index is 309. The molecule has 1 aliphatic rings. The second-order valence-corrected chi connectivity index (χ2v) is 5.13. The molecule has 0 saturated heterocycles. The van der Waals surface area contributed by atoms with Crippen molar-refractivity contribution in [3.05, 3.63) is 18.7 Å². The third-order valence-electron chi connectivity index (χ3n) is 3.97. The van der Waals surface area contributed by atoms with E-state index in [-0.39, 0.29) is 0 Å². The zero-order valence-electron chi connectivity index (χ0n) is 10.8. The largest absolute Gasteiger partial charge is 0.337 e. The van der Waals surface area contributed by atoms with Crippen molar-refractivity contribution in [3.8, 4) is 0 Å². The minimum Gasteiger partial charge on any atom is -0.337 e. The van der Waals surface area contributed by atoms with Crippen LogP contribution in [0, 0.1) is 5.92 Å². The van der Waals surface area contributed by atoms with Crippen LogP contribution in [0.25, 0.3) is 0 Å². The number of aromatic nitrogens is 2. The molecule has 17 heavy (non-hydrogen) atoms. The molecule has 2 unspecified atom stereocenters. The summed E-state index contributed by atoms with van der Waals surface area (Å²) in [6.07, 6.45) is 10.9. The maximum atomic E-state index is 5.83. The van der Waals surface area contributed by atoms with Gasteiger partial charge in [0.05, 0.1) is 6.33 Å². The molecule has 1 fully saturated rings. The lowest BCUT2D eigenvalue weighted by Gasteiger charge is -2.29. The van der Waals surface area contributed by atoms with E-state index >= 15 is 0 Å². The smallest absolute Gasteiger partial charge is 0.0945 e. The van der Waals surface area contributed by atoms with Gasteiger partial charge in [0, 0.05) is 25.0 Å². The minimum absolute atomic E-state index is 0.711. The van der Waals surface area contributed by atoms with E-state index in [2.05, 4.69) is 21.5 Å². The van der Waals surface area contributed by atoms with Gasteiger partial charge in [0.1, 0.15) is 0 Å². The summed E-state index contributed by atoms with van der Waals surface area (Å²) >= 11 is 0. The van der Waals surface area contributed by atoms with Crippen molar-refractivity contribution < 1.29 is 0 Å². The molecule has 0 amide bonds. The molecular weight excluding hydrogens is 212 g/mol. The fourth-order valence-electron chi connectivity index (χ4n) is 2.96. The van der Waals surface area contributed by atoms with Crippen LogP contribution >= 0.6 is 0 Å². The predicted molar refractivity (Wildman–Crippen MR) is 69.7 cm³/mol. The molecule has 2 atom stereocenters. The zero-order valence-corrected chi connectivity index (χ0v) is 10.8. The van der Waals surface area contributed by atoms with E-state index in [0.29, 0.717) is 12.0 Å². The molecule has 2 rings (SSSR count). The van der Waals surface area contributed by atoms with Gasteiger partial charge in [-0.25, -0.2) is 4.98 Å². The van der Waals surface area contributed by atoms with Crippen LogP contribution in [-0.4, -0.2) is 40.6 Å². The van der Waals surface area contributed by atoms with Crippen LogP contribution < -0.4 is 5.73 Å². The molecule has 1 aromatic heterocycles. The molecule has 4 nitrogen and oxygen atoms in total. The van der Waals surface area contributed by atoms with Gasteiger partial charge in [0.2, 0.25) is 0 Å². The monoisotopic (exact) mass is 236 g/mol. The molecule has 1 heterocycles. The fraction of sp³-hybridized carbons (Fsp3) is 0.769. The van der Waals surface area contributed by atoms with Gasteiger partial charge in [-0.2, -0.15) is 0 Å². The molecule has 96 valence electrons. The van der Waals surface area contributed by atoms with Crippen LogP contribution in [0.15, 0.2) is 18.7 Å². The molecule has 4 heteroatoms. The SMILES string of the molecule is CN(CCCn1ccnc1)C1CCCC1CN. The van der Waals surface area contributed by atoms with Gasteiger partial charge in [-0.1, -0.05) is 6.42 Å². The Labute approximate surface area is 104 Å². The molecule has 0 radical (unpaired) electrons. The second-order valence-electron chi connectivity index (χ2n) is 5.13. The van der Waals surface area contributed by atoms with Gasteiger partial charge in [0.25, 0.3) is 0 Å². The summed E-state index contributed by atoms with van der Waals surface area (Å²) in [7, 11) is 2.24. The van der Waals surface area contributed by atoms with E-state index in [1.54, 1.807) is 0 Å². The normalized spacial score (nSPS) is 24.6. The van der Waals surface area contributed by atoms with Gasteiger partial charge in [0.15, 0.2) is 0 Å². The van der Waals surface area contributed by atoms with E-state index in [4.69, 9.17) is 5.73 Å². The van der Waals surface area contributed by atoms with E-state index in [1.165, 1.54) is 25.7 Å². The lowest BCUT2D eigenvalue weighted by molar-refractivity contribution is 0.195. The van der Waals surface area contributed by atoms with Crippen molar-refractivity contribution in [1.82, 2.24) is 14.5 Å². The third kappa shape index (κ3) is 3.30. The lowest BCUT2D eigenvalue weighted by atomic mass is 10.0. The lowest BCUT2D eigenvalue weighted by Crippen LogP contribution is -2.38. The molecule has 0 aliphatic heterocycles. The summed E-state index contributed by atoms with van der Waals surface area (Å²) < 4.78 is 2.14. The molecule has 0 spiro atoms. The molecule has 2 N–H and O–H groups in total. The highest BCUT2D eigenvalue weighted by atomic mass is 15.1. The Morgan fingerprint density at radius 3 is 3.06 bits per heavy atom. The highest BCUT2D eigenvalue weighted by Gasteiger charge is 2.28. The molecular formula is C13H24N4. The van der Waals surface area contributed by atoms with Gasteiger partial charge >= 0.3 is 0 Å². The quantitative estimate of drug-likeness (QED) is 0.810. The highest BCUT2D eigenvalue weighted by Crippen LogP contribution is 2.28. The summed E-state index contributed by atoms with van der Waals surface area (Å²) in [5.74, 6) is 0.716. The number of hydrogen-bond acceptors (Lipinski definition) is 3. The van der Waals surface area contributed by atoms with Crippen LogP contribution in [0.4, 0.5) is 0 Å². The fourth-order valence-corrected chi connectivity index (χ4v) is 2.96. The van der Waals surface area contributed by atoms with Gasteiger partial charge < -0.3 is 15.2 Å². The Hall–Kier alpha value is -0.870. The number of nitrogens with zero attached hydrogens (tertiary/aromatic N) is 3. The van der Waals surface area contributed by atoms with Crippen molar-refractivity contribution >= 4 is 0 Å². The van der Waals surface area contributed by atoms with Crippen molar-refractivity contribution in [2.75, 3.05) is 20.1 Å². The maximum Gasteiger partial charge on any atom is 0.0945 e. The first-order chi connectivity index (χ1) is 8.31. The minimum atomic E-state index is 0.711. The highest BCUT2D eigenvalue weighted by molar-refractivity contribution is 4.84. The van der Waals surface area contributed by atoms with Crippen molar-refractivity contribution in [2.24, 2.45) is 11.7 Å². The topological polar surface area (TPSA) is 47.1 Å². The number of nitrogens with two attached hydrogens (primary N) is 1. The summed E-state index contributed by atoms with van der Waals surface area (Å²) in [4.78, 5) is 6.56. The summed E-state index contributed by atoms with van der Waals surface area (Å²) in [6.45, 7) is 3.06. The van der Waals surface area contributed by atoms with Crippen LogP contribution in [0.5, 0.6) is 0 Å². The Kier molecular flexibility index (Phi) is 4.57. The third-order valence-corrected chi connectivity index (χ3v) is 3.97. The average Bonchev–Trinajstić information content (AvgIpc) is 2.99. The summed E-state index contributed by atoms with van der Waals surface area (Å²) in [6, 6.07) is 0.711. The van der Waals surface area contributed by atoms with E-state index in [9.17, 15) is 0 Å². The first kappa shape index (κ1) is 12.6. The number of rotatable bonds is 6.